The van der Waals surface area contributed by atoms with Gasteiger partial charge in [0.2, 0.25) is 5.89 Å². The maximum Gasteiger partial charge on any atom is 0.226 e. The van der Waals surface area contributed by atoms with E-state index in [0.29, 0.717) is 24.1 Å². The highest BCUT2D eigenvalue weighted by molar-refractivity contribution is 6.31. The van der Waals surface area contributed by atoms with Crippen LogP contribution in [0.4, 0.5) is 0 Å². The second-order valence-electron chi connectivity index (χ2n) is 5.09. The summed E-state index contributed by atoms with van der Waals surface area (Å²) >= 11 is 6.12. The van der Waals surface area contributed by atoms with Gasteiger partial charge in [0.05, 0.1) is 0 Å². The van der Waals surface area contributed by atoms with Gasteiger partial charge < -0.3 is 10.3 Å². The first-order valence-corrected chi connectivity index (χ1v) is 7.31. The fourth-order valence-electron chi connectivity index (χ4n) is 2.07. The monoisotopic (exact) mass is 293 g/mol. The third kappa shape index (κ3) is 4.32. The van der Waals surface area contributed by atoms with Crippen LogP contribution in [0.15, 0.2) is 28.8 Å². The van der Waals surface area contributed by atoms with Gasteiger partial charge in [0.25, 0.3) is 0 Å². The van der Waals surface area contributed by atoms with Gasteiger partial charge in [0.15, 0.2) is 5.82 Å². The molecule has 20 heavy (non-hydrogen) atoms. The Hall–Kier alpha value is -1.39. The number of aryl methyl sites for hydroxylation is 1. The largest absolute Gasteiger partial charge is 0.339 e. The lowest BCUT2D eigenvalue weighted by Crippen LogP contribution is -2.06. The highest BCUT2D eigenvalue weighted by atomic mass is 35.5. The fourth-order valence-corrected chi connectivity index (χ4v) is 2.28. The summed E-state index contributed by atoms with van der Waals surface area (Å²) in [7, 11) is 0. The van der Waals surface area contributed by atoms with E-state index < -0.39 is 0 Å². The molecule has 1 heterocycles. The summed E-state index contributed by atoms with van der Waals surface area (Å²) in [6.07, 6.45) is 3.45. The molecule has 1 aromatic heterocycles. The SMILES string of the molecule is CC(CCN)CCc1nc(Cc2ccccc2Cl)no1. The molecule has 0 saturated carbocycles. The predicted octanol–water partition coefficient (Wildman–Crippen LogP) is 3.23. The van der Waals surface area contributed by atoms with Crippen molar-refractivity contribution in [1.29, 1.82) is 0 Å². The highest BCUT2D eigenvalue weighted by Crippen LogP contribution is 2.18. The molecule has 2 aromatic rings. The van der Waals surface area contributed by atoms with Crippen LogP contribution in [0, 0.1) is 5.92 Å². The van der Waals surface area contributed by atoms with E-state index in [2.05, 4.69) is 17.1 Å². The van der Waals surface area contributed by atoms with Crippen molar-refractivity contribution < 1.29 is 4.52 Å². The molecular formula is C15H20ClN3O. The molecule has 1 aromatic carbocycles. The molecule has 2 N–H and O–H groups in total. The lowest BCUT2D eigenvalue weighted by Gasteiger charge is -2.06. The van der Waals surface area contributed by atoms with Gasteiger partial charge in [-0.3, -0.25) is 0 Å². The fraction of sp³-hybridized carbons (Fsp3) is 0.467. The van der Waals surface area contributed by atoms with E-state index in [1.54, 1.807) is 0 Å². The molecule has 0 spiro atoms. The summed E-state index contributed by atoms with van der Waals surface area (Å²) in [5, 5.41) is 4.74. The molecule has 0 fully saturated rings. The van der Waals surface area contributed by atoms with Gasteiger partial charge in [-0.15, -0.1) is 0 Å². The number of nitrogens with zero attached hydrogens (tertiary/aromatic N) is 2. The van der Waals surface area contributed by atoms with Gasteiger partial charge in [-0.25, -0.2) is 0 Å². The lowest BCUT2D eigenvalue weighted by molar-refractivity contribution is 0.359. The first-order valence-electron chi connectivity index (χ1n) is 6.94. The summed E-state index contributed by atoms with van der Waals surface area (Å²) in [5.74, 6) is 1.95. The number of benzene rings is 1. The average Bonchev–Trinajstić information content (AvgIpc) is 2.87. The van der Waals surface area contributed by atoms with Crippen LogP contribution in [0.1, 0.15) is 37.0 Å². The van der Waals surface area contributed by atoms with E-state index >= 15 is 0 Å². The van der Waals surface area contributed by atoms with Gasteiger partial charge in [-0.05, 0) is 36.9 Å². The van der Waals surface area contributed by atoms with E-state index in [4.69, 9.17) is 21.9 Å². The van der Waals surface area contributed by atoms with Crippen molar-refractivity contribution in [3.63, 3.8) is 0 Å². The van der Waals surface area contributed by atoms with Crippen molar-refractivity contribution in [1.82, 2.24) is 10.1 Å². The first kappa shape index (κ1) is 15.0. The van der Waals surface area contributed by atoms with E-state index in [-0.39, 0.29) is 0 Å². The second-order valence-corrected chi connectivity index (χ2v) is 5.50. The molecule has 2 rings (SSSR count). The molecule has 0 amide bonds. The number of hydrogen-bond donors (Lipinski definition) is 1. The zero-order chi connectivity index (χ0) is 14.4. The van der Waals surface area contributed by atoms with Crippen LogP contribution < -0.4 is 5.73 Å². The Morgan fingerprint density at radius 1 is 1.30 bits per heavy atom. The summed E-state index contributed by atoms with van der Waals surface area (Å²) in [5.41, 5.74) is 6.55. The van der Waals surface area contributed by atoms with E-state index in [0.717, 1.165) is 36.4 Å². The van der Waals surface area contributed by atoms with Gasteiger partial charge in [-0.1, -0.05) is 41.9 Å². The predicted molar refractivity (Wildman–Crippen MR) is 79.7 cm³/mol. The molecule has 0 aliphatic rings. The molecule has 1 atom stereocenters. The summed E-state index contributed by atoms with van der Waals surface area (Å²) < 4.78 is 5.27. The van der Waals surface area contributed by atoms with Crippen LogP contribution in [0.5, 0.6) is 0 Å². The Labute approximate surface area is 124 Å². The van der Waals surface area contributed by atoms with Crippen molar-refractivity contribution >= 4 is 11.6 Å². The summed E-state index contributed by atoms with van der Waals surface area (Å²) in [6.45, 7) is 2.91. The Balaban J connectivity index is 1.91. The normalized spacial score (nSPS) is 12.6. The minimum atomic E-state index is 0.582. The molecular weight excluding hydrogens is 274 g/mol. The molecule has 108 valence electrons. The second kappa shape index (κ2) is 7.41. The quantitative estimate of drug-likeness (QED) is 0.851. The Bertz CT molecular complexity index is 541. The Morgan fingerprint density at radius 2 is 2.10 bits per heavy atom. The van der Waals surface area contributed by atoms with Crippen LogP contribution in [0.2, 0.25) is 5.02 Å². The van der Waals surface area contributed by atoms with E-state index in [1.807, 2.05) is 24.3 Å². The van der Waals surface area contributed by atoms with Gasteiger partial charge in [0.1, 0.15) is 0 Å². The molecule has 0 saturated heterocycles. The van der Waals surface area contributed by atoms with E-state index in [9.17, 15) is 0 Å². The maximum absolute atomic E-state index is 6.12. The average molecular weight is 294 g/mol. The minimum Gasteiger partial charge on any atom is -0.339 e. The van der Waals surface area contributed by atoms with Gasteiger partial charge in [-0.2, -0.15) is 4.98 Å². The maximum atomic E-state index is 6.12. The summed E-state index contributed by atoms with van der Waals surface area (Å²) in [4.78, 5) is 4.41. The molecule has 0 radical (unpaired) electrons. The topological polar surface area (TPSA) is 64.9 Å². The third-order valence-corrected chi connectivity index (χ3v) is 3.70. The van der Waals surface area contributed by atoms with Gasteiger partial charge in [0, 0.05) is 17.9 Å². The molecule has 4 nitrogen and oxygen atoms in total. The van der Waals surface area contributed by atoms with Crippen LogP contribution in [-0.4, -0.2) is 16.7 Å². The standard InChI is InChI=1S/C15H20ClN3O/c1-11(8-9-17)6-7-15-18-14(19-20-15)10-12-4-2-3-5-13(12)16/h2-5,11H,6-10,17H2,1H3. The van der Waals surface area contributed by atoms with Crippen LogP contribution in [0.3, 0.4) is 0 Å². The number of aromatic nitrogens is 2. The number of halogens is 1. The van der Waals surface area contributed by atoms with E-state index in [1.165, 1.54) is 0 Å². The molecule has 0 aliphatic heterocycles. The van der Waals surface area contributed by atoms with Crippen molar-refractivity contribution in [2.75, 3.05) is 6.54 Å². The first-order chi connectivity index (χ1) is 9.69. The molecule has 1 unspecified atom stereocenters. The van der Waals surface area contributed by atoms with Crippen LogP contribution in [0.25, 0.3) is 0 Å². The van der Waals surface area contributed by atoms with Crippen molar-refractivity contribution in [3.8, 4) is 0 Å². The minimum absolute atomic E-state index is 0.582. The summed E-state index contributed by atoms with van der Waals surface area (Å²) in [6, 6.07) is 7.71. The number of nitrogens with two attached hydrogens (primary N) is 1. The Kier molecular flexibility index (Phi) is 5.56. The van der Waals surface area contributed by atoms with Crippen molar-refractivity contribution in [2.45, 2.75) is 32.6 Å². The zero-order valence-electron chi connectivity index (χ0n) is 11.7. The highest BCUT2D eigenvalue weighted by Gasteiger charge is 2.10. The number of rotatable bonds is 7. The Morgan fingerprint density at radius 3 is 2.85 bits per heavy atom. The van der Waals surface area contributed by atoms with Crippen molar-refractivity contribution in [2.24, 2.45) is 11.7 Å². The molecule has 0 aliphatic carbocycles. The lowest BCUT2D eigenvalue weighted by atomic mass is 10.0. The smallest absolute Gasteiger partial charge is 0.226 e. The van der Waals surface area contributed by atoms with Crippen LogP contribution >= 0.6 is 11.6 Å². The zero-order valence-corrected chi connectivity index (χ0v) is 12.4. The van der Waals surface area contributed by atoms with Crippen LogP contribution in [-0.2, 0) is 12.8 Å². The van der Waals surface area contributed by atoms with Crippen molar-refractivity contribution in [3.05, 3.63) is 46.6 Å². The third-order valence-electron chi connectivity index (χ3n) is 3.33. The van der Waals surface area contributed by atoms with Gasteiger partial charge >= 0.3 is 0 Å². The molecule has 5 heteroatoms. The number of hydrogen-bond acceptors (Lipinski definition) is 4. The molecule has 0 bridgehead atoms.